The van der Waals surface area contributed by atoms with Crippen LogP contribution in [0.5, 0.6) is 0 Å². The highest BCUT2D eigenvalue weighted by Gasteiger charge is 2.37. The second kappa shape index (κ2) is 2.68. The normalized spacial score (nSPS) is 39.1. The number of allylic oxidation sites excluding steroid dienone is 2. The van der Waals surface area contributed by atoms with Crippen LogP contribution in [0.1, 0.15) is 25.7 Å². The molecule has 1 aliphatic carbocycles. The highest BCUT2D eigenvalue weighted by atomic mass is 16.2. The van der Waals surface area contributed by atoms with Crippen LogP contribution in [0.4, 0.5) is 0 Å². The van der Waals surface area contributed by atoms with Crippen molar-refractivity contribution < 1.29 is 4.79 Å². The molecule has 1 fully saturated rings. The molecule has 1 heterocycles. The van der Waals surface area contributed by atoms with Crippen molar-refractivity contribution in [2.75, 3.05) is 0 Å². The van der Waals surface area contributed by atoms with Gasteiger partial charge in [0.25, 0.3) is 0 Å². The predicted octanol–water partition coefficient (Wildman–Crippen LogP) is 1.23. The molecule has 1 aliphatic heterocycles. The molecule has 0 aromatic rings. The van der Waals surface area contributed by atoms with Crippen LogP contribution in [0.25, 0.3) is 0 Å². The molecule has 2 atom stereocenters. The zero-order chi connectivity index (χ0) is 7.68. The number of carbonyl (C=O) groups excluding carboxylic acids is 1. The molecule has 2 aliphatic rings. The first-order valence-electron chi connectivity index (χ1n) is 4.33. The first-order chi connectivity index (χ1) is 5.38. The van der Waals surface area contributed by atoms with Gasteiger partial charge in [0.15, 0.2) is 0 Å². The molecule has 2 rings (SSSR count). The van der Waals surface area contributed by atoms with Crippen LogP contribution >= 0.6 is 0 Å². The Hall–Kier alpha value is -0.790. The van der Waals surface area contributed by atoms with Gasteiger partial charge in [-0.15, -0.1) is 0 Å². The van der Waals surface area contributed by atoms with Crippen LogP contribution in [0.15, 0.2) is 12.2 Å². The van der Waals surface area contributed by atoms with Crippen molar-refractivity contribution in [3.63, 3.8) is 0 Å². The fourth-order valence-corrected chi connectivity index (χ4v) is 1.87. The molecule has 60 valence electrons. The highest BCUT2D eigenvalue weighted by molar-refractivity contribution is 5.85. The Morgan fingerprint density at radius 1 is 1.27 bits per heavy atom. The van der Waals surface area contributed by atoms with Gasteiger partial charge in [-0.3, -0.25) is 4.79 Å². The number of hydrogen-bond acceptors (Lipinski definition) is 1. The van der Waals surface area contributed by atoms with E-state index in [1.54, 1.807) is 0 Å². The summed E-state index contributed by atoms with van der Waals surface area (Å²) < 4.78 is 0. The summed E-state index contributed by atoms with van der Waals surface area (Å²) in [4.78, 5) is 11.0. The average molecular weight is 151 g/mol. The standard InChI is InChI=1S/C9H13NO/c11-9-7-5-3-1-2-4-6-8(7)10-9/h1-2,7-8H,3-6H2,(H,10,11)/b2-1-. The third-order valence-electron chi connectivity index (χ3n) is 2.61. The van der Waals surface area contributed by atoms with Crippen LogP contribution < -0.4 is 5.32 Å². The van der Waals surface area contributed by atoms with Crippen LogP contribution in [0.2, 0.25) is 0 Å². The molecule has 1 N–H and O–H groups in total. The second-order valence-electron chi connectivity index (χ2n) is 3.35. The highest BCUT2D eigenvalue weighted by Crippen LogP contribution is 2.26. The van der Waals surface area contributed by atoms with Gasteiger partial charge in [0.2, 0.25) is 5.91 Å². The van der Waals surface area contributed by atoms with E-state index in [4.69, 9.17) is 0 Å². The van der Waals surface area contributed by atoms with Gasteiger partial charge in [0.05, 0.1) is 5.92 Å². The summed E-state index contributed by atoms with van der Waals surface area (Å²) >= 11 is 0. The minimum Gasteiger partial charge on any atom is -0.352 e. The van der Waals surface area contributed by atoms with E-state index in [0.29, 0.717) is 12.0 Å². The molecule has 0 spiro atoms. The fraction of sp³-hybridized carbons (Fsp3) is 0.667. The first-order valence-corrected chi connectivity index (χ1v) is 4.33. The van der Waals surface area contributed by atoms with Gasteiger partial charge < -0.3 is 5.32 Å². The van der Waals surface area contributed by atoms with Gasteiger partial charge in [-0.2, -0.15) is 0 Å². The van der Waals surface area contributed by atoms with E-state index in [1.807, 2.05) is 0 Å². The molecule has 0 aromatic heterocycles. The maximum atomic E-state index is 11.0. The summed E-state index contributed by atoms with van der Waals surface area (Å²) in [6, 6.07) is 0.493. The predicted molar refractivity (Wildman–Crippen MR) is 43.0 cm³/mol. The van der Waals surface area contributed by atoms with E-state index < -0.39 is 0 Å². The second-order valence-corrected chi connectivity index (χ2v) is 3.35. The van der Waals surface area contributed by atoms with E-state index in [0.717, 1.165) is 25.7 Å². The van der Waals surface area contributed by atoms with Gasteiger partial charge in [-0.1, -0.05) is 12.2 Å². The Kier molecular flexibility index (Phi) is 1.68. The SMILES string of the molecule is O=C1NC2CC/C=C\CCC12. The molecule has 0 saturated carbocycles. The van der Waals surface area contributed by atoms with Crippen LogP contribution in [0, 0.1) is 5.92 Å². The lowest BCUT2D eigenvalue weighted by Gasteiger charge is -2.37. The van der Waals surface area contributed by atoms with Gasteiger partial charge >= 0.3 is 0 Å². The van der Waals surface area contributed by atoms with Crippen molar-refractivity contribution in [3.05, 3.63) is 12.2 Å². The van der Waals surface area contributed by atoms with E-state index in [1.165, 1.54) is 0 Å². The summed E-state index contributed by atoms with van der Waals surface area (Å²) in [7, 11) is 0. The number of β-lactam (4-membered cyclic amide) rings is 1. The van der Waals surface area contributed by atoms with Crippen molar-refractivity contribution in [1.29, 1.82) is 0 Å². The molecule has 1 amide bonds. The number of hydrogen-bond donors (Lipinski definition) is 1. The lowest BCUT2D eigenvalue weighted by molar-refractivity contribution is -0.135. The Morgan fingerprint density at radius 3 is 2.73 bits per heavy atom. The fourth-order valence-electron chi connectivity index (χ4n) is 1.87. The topological polar surface area (TPSA) is 29.1 Å². The largest absolute Gasteiger partial charge is 0.352 e. The summed E-state index contributed by atoms with van der Waals surface area (Å²) in [6.45, 7) is 0. The lowest BCUT2D eigenvalue weighted by atomic mass is 9.82. The maximum absolute atomic E-state index is 11.0. The maximum Gasteiger partial charge on any atom is 0.225 e. The van der Waals surface area contributed by atoms with E-state index >= 15 is 0 Å². The van der Waals surface area contributed by atoms with Crippen LogP contribution in [-0.4, -0.2) is 11.9 Å². The van der Waals surface area contributed by atoms with Gasteiger partial charge in [0, 0.05) is 6.04 Å². The summed E-state index contributed by atoms with van der Waals surface area (Å²) in [5.74, 6) is 0.602. The number of amides is 1. The molecular weight excluding hydrogens is 138 g/mol. The Morgan fingerprint density at radius 2 is 2.00 bits per heavy atom. The van der Waals surface area contributed by atoms with Crippen molar-refractivity contribution in [2.24, 2.45) is 5.92 Å². The van der Waals surface area contributed by atoms with E-state index in [-0.39, 0.29) is 5.91 Å². The monoisotopic (exact) mass is 151 g/mol. The molecule has 0 bridgehead atoms. The molecule has 1 saturated heterocycles. The number of rotatable bonds is 0. The minimum atomic E-state index is 0.269. The van der Waals surface area contributed by atoms with Gasteiger partial charge in [-0.25, -0.2) is 0 Å². The summed E-state index contributed by atoms with van der Waals surface area (Å²) in [5.41, 5.74) is 0. The van der Waals surface area contributed by atoms with Crippen molar-refractivity contribution in [3.8, 4) is 0 Å². The van der Waals surface area contributed by atoms with Crippen molar-refractivity contribution in [1.82, 2.24) is 5.32 Å². The molecule has 2 nitrogen and oxygen atoms in total. The quantitative estimate of drug-likeness (QED) is 0.409. The molecule has 2 heteroatoms. The van der Waals surface area contributed by atoms with Crippen molar-refractivity contribution in [2.45, 2.75) is 31.7 Å². The van der Waals surface area contributed by atoms with Crippen molar-refractivity contribution >= 4 is 5.91 Å². The zero-order valence-corrected chi connectivity index (χ0v) is 6.55. The van der Waals surface area contributed by atoms with Crippen LogP contribution in [-0.2, 0) is 4.79 Å². The Bertz CT molecular complexity index is 198. The zero-order valence-electron chi connectivity index (χ0n) is 6.55. The van der Waals surface area contributed by atoms with E-state index in [9.17, 15) is 4.79 Å². The molecule has 0 aromatic carbocycles. The summed E-state index contributed by atoms with van der Waals surface area (Å²) in [6.07, 6.45) is 8.80. The summed E-state index contributed by atoms with van der Waals surface area (Å²) in [5, 5.41) is 2.94. The average Bonchev–Trinajstić information content (AvgIpc) is 1.96. The third-order valence-corrected chi connectivity index (χ3v) is 2.61. The first kappa shape index (κ1) is 6.89. The molecular formula is C9H13NO. The number of carbonyl (C=O) groups is 1. The molecule has 11 heavy (non-hydrogen) atoms. The Balaban J connectivity index is 2.00. The number of nitrogens with one attached hydrogen (secondary N) is 1. The van der Waals surface area contributed by atoms with E-state index in [2.05, 4.69) is 17.5 Å². The molecule has 0 radical (unpaired) electrons. The third kappa shape index (κ3) is 1.17. The Labute approximate surface area is 66.7 Å². The number of fused-ring (bicyclic) bond motifs is 1. The minimum absolute atomic E-state index is 0.269. The lowest BCUT2D eigenvalue weighted by Crippen LogP contribution is -2.57. The smallest absolute Gasteiger partial charge is 0.225 e. The molecule has 2 unspecified atom stereocenters. The van der Waals surface area contributed by atoms with Gasteiger partial charge in [-0.05, 0) is 25.7 Å². The van der Waals surface area contributed by atoms with Crippen LogP contribution in [0.3, 0.4) is 0 Å². The van der Waals surface area contributed by atoms with Gasteiger partial charge in [0.1, 0.15) is 0 Å².